The molecule has 2 N–H and O–H groups in total. The number of benzene rings is 1. The zero-order chi connectivity index (χ0) is 15.7. The van der Waals surface area contributed by atoms with E-state index in [-0.39, 0.29) is 5.75 Å². The normalized spacial score (nSPS) is 11.6. The second-order valence-corrected chi connectivity index (χ2v) is 6.99. The fraction of sp³-hybridized carbons (Fsp3) is 0.600. The Hall–Kier alpha value is -1.11. The highest BCUT2D eigenvalue weighted by Crippen LogP contribution is 2.26. The Balaban J connectivity index is 3.12. The van der Waals surface area contributed by atoms with Gasteiger partial charge in [0, 0.05) is 20.2 Å². The maximum absolute atomic E-state index is 12.4. The molecule has 0 aliphatic rings. The van der Waals surface area contributed by atoms with Gasteiger partial charge in [-0.05, 0) is 31.5 Å². The molecule has 0 aromatic heterocycles. The quantitative estimate of drug-likeness (QED) is 0.711. The molecule has 6 heteroatoms. The molecule has 0 spiro atoms. The molecule has 1 rings (SSSR count). The van der Waals surface area contributed by atoms with Crippen molar-refractivity contribution in [2.24, 2.45) is 5.73 Å². The lowest BCUT2D eigenvalue weighted by atomic mass is 10.2. The van der Waals surface area contributed by atoms with Gasteiger partial charge in [0.1, 0.15) is 0 Å². The summed E-state index contributed by atoms with van der Waals surface area (Å²) in [5.74, 6) is 0.166. The highest BCUT2D eigenvalue weighted by molar-refractivity contribution is 7.91. The number of para-hydroxylation sites is 1. The molecule has 0 saturated carbocycles. The van der Waals surface area contributed by atoms with Crippen molar-refractivity contribution in [1.82, 2.24) is 0 Å². The summed E-state index contributed by atoms with van der Waals surface area (Å²) in [5, 5.41) is 0. The van der Waals surface area contributed by atoms with Crippen LogP contribution in [0.25, 0.3) is 0 Å². The van der Waals surface area contributed by atoms with E-state index in [2.05, 4.69) is 0 Å². The number of methoxy groups -OCH3 is 1. The van der Waals surface area contributed by atoms with Crippen molar-refractivity contribution < 1.29 is 13.2 Å². The fourth-order valence-electron chi connectivity index (χ4n) is 2.20. The van der Waals surface area contributed by atoms with E-state index in [4.69, 9.17) is 10.5 Å². The molecule has 0 fully saturated rings. The first kappa shape index (κ1) is 17.9. The van der Waals surface area contributed by atoms with Crippen LogP contribution in [-0.4, -0.2) is 47.5 Å². The lowest BCUT2D eigenvalue weighted by Crippen LogP contribution is -2.31. The minimum Gasteiger partial charge on any atom is -0.383 e. The van der Waals surface area contributed by atoms with Crippen molar-refractivity contribution in [2.45, 2.75) is 24.7 Å². The summed E-state index contributed by atoms with van der Waals surface area (Å²) in [4.78, 5) is 2.44. The SMILES string of the molecule is CCCS(=O)(=O)c1ccccc1N(CCCN)CCOC. The molecular formula is C15H26N2O3S. The van der Waals surface area contributed by atoms with Crippen molar-refractivity contribution >= 4 is 15.5 Å². The summed E-state index contributed by atoms with van der Waals surface area (Å²) in [6.07, 6.45) is 1.42. The van der Waals surface area contributed by atoms with Crippen LogP contribution in [0.3, 0.4) is 0 Å². The van der Waals surface area contributed by atoms with E-state index < -0.39 is 9.84 Å². The minimum absolute atomic E-state index is 0.166. The smallest absolute Gasteiger partial charge is 0.180 e. The van der Waals surface area contributed by atoms with E-state index in [0.29, 0.717) is 31.0 Å². The van der Waals surface area contributed by atoms with Crippen LogP contribution in [0.15, 0.2) is 29.2 Å². The second-order valence-electron chi connectivity index (χ2n) is 4.91. The summed E-state index contributed by atoms with van der Waals surface area (Å²) in [6.45, 7) is 4.37. The Kier molecular flexibility index (Phi) is 7.71. The van der Waals surface area contributed by atoms with Gasteiger partial charge in [-0.25, -0.2) is 8.42 Å². The average molecular weight is 314 g/mol. The van der Waals surface area contributed by atoms with Gasteiger partial charge in [0.25, 0.3) is 0 Å². The molecule has 21 heavy (non-hydrogen) atoms. The van der Waals surface area contributed by atoms with E-state index in [9.17, 15) is 8.42 Å². The lowest BCUT2D eigenvalue weighted by molar-refractivity contribution is 0.205. The number of ether oxygens (including phenoxy) is 1. The van der Waals surface area contributed by atoms with Crippen molar-refractivity contribution in [1.29, 1.82) is 0 Å². The van der Waals surface area contributed by atoms with Crippen LogP contribution in [0, 0.1) is 0 Å². The third kappa shape index (κ3) is 5.30. The molecule has 0 bridgehead atoms. The molecule has 1 aromatic rings. The van der Waals surface area contributed by atoms with Crippen molar-refractivity contribution in [3.05, 3.63) is 24.3 Å². The predicted molar refractivity (Wildman–Crippen MR) is 86.5 cm³/mol. The van der Waals surface area contributed by atoms with E-state index in [1.54, 1.807) is 19.2 Å². The molecule has 0 heterocycles. The van der Waals surface area contributed by atoms with Gasteiger partial charge in [-0.2, -0.15) is 0 Å². The second kappa shape index (κ2) is 9.02. The van der Waals surface area contributed by atoms with Crippen molar-refractivity contribution in [2.75, 3.05) is 44.0 Å². The third-order valence-electron chi connectivity index (χ3n) is 3.21. The maximum atomic E-state index is 12.4. The summed E-state index contributed by atoms with van der Waals surface area (Å²) in [5.41, 5.74) is 6.33. The van der Waals surface area contributed by atoms with Crippen molar-refractivity contribution in [3.8, 4) is 0 Å². The van der Waals surface area contributed by atoms with Crippen LogP contribution in [0.1, 0.15) is 19.8 Å². The maximum Gasteiger partial charge on any atom is 0.180 e. The standard InChI is InChI=1S/C15H26N2O3S/c1-3-13-21(18,19)15-8-5-4-7-14(15)17(10-6-9-16)11-12-20-2/h4-5,7-8H,3,6,9-13,16H2,1-2H3. The molecule has 0 amide bonds. The molecule has 0 aliphatic carbocycles. The molecule has 0 aliphatic heterocycles. The van der Waals surface area contributed by atoms with E-state index in [0.717, 1.165) is 18.7 Å². The highest BCUT2D eigenvalue weighted by Gasteiger charge is 2.20. The van der Waals surface area contributed by atoms with Gasteiger partial charge >= 0.3 is 0 Å². The Morgan fingerprint density at radius 1 is 1.24 bits per heavy atom. The monoisotopic (exact) mass is 314 g/mol. The van der Waals surface area contributed by atoms with Gasteiger partial charge in [0.2, 0.25) is 0 Å². The van der Waals surface area contributed by atoms with Crippen LogP contribution >= 0.6 is 0 Å². The number of nitrogens with zero attached hydrogens (tertiary/aromatic N) is 1. The average Bonchev–Trinajstić information content (AvgIpc) is 2.47. The van der Waals surface area contributed by atoms with Gasteiger partial charge in [-0.3, -0.25) is 0 Å². The van der Waals surface area contributed by atoms with E-state index >= 15 is 0 Å². The fourth-order valence-corrected chi connectivity index (χ4v) is 3.76. The minimum atomic E-state index is -3.25. The molecule has 0 radical (unpaired) electrons. The van der Waals surface area contributed by atoms with Crippen LogP contribution < -0.4 is 10.6 Å². The van der Waals surface area contributed by atoms with E-state index in [1.807, 2.05) is 24.0 Å². The zero-order valence-corrected chi connectivity index (χ0v) is 13.7. The summed E-state index contributed by atoms with van der Waals surface area (Å²) in [6, 6.07) is 7.17. The predicted octanol–water partition coefficient (Wildman–Crippen LogP) is 1.67. The molecular weight excluding hydrogens is 288 g/mol. The van der Waals surface area contributed by atoms with Gasteiger partial charge < -0.3 is 15.4 Å². The first-order valence-electron chi connectivity index (χ1n) is 7.32. The molecule has 0 unspecified atom stereocenters. The summed E-state index contributed by atoms with van der Waals surface area (Å²) < 4.78 is 30.0. The first-order valence-corrected chi connectivity index (χ1v) is 8.97. The highest BCUT2D eigenvalue weighted by atomic mass is 32.2. The van der Waals surface area contributed by atoms with Crippen molar-refractivity contribution in [3.63, 3.8) is 0 Å². The topological polar surface area (TPSA) is 72.6 Å². The Morgan fingerprint density at radius 3 is 2.57 bits per heavy atom. The number of anilines is 1. The Morgan fingerprint density at radius 2 is 1.95 bits per heavy atom. The number of sulfone groups is 1. The first-order chi connectivity index (χ1) is 10.1. The van der Waals surface area contributed by atoms with Crippen LogP contribution in [0.5, 0.6) is 0 Å². The lowest BCUT2D eigenvalue weighted by Gasteiger charge is -2.26. The Bertz CT molecular complexity index is 509. The molecule has 1 aromatic carbocycles. The number of rotatable bonds is 10. The van der Waals surface area contributed by atoms with Gasteiger partial charge in [-0.1, -0.05) is 19.1 Å². The zero-order valence-electron chi connectivity index (χ0n) is 12.9. The molecule has 0 atom stereocenters. The van der Waals surface area contributed by atoms with Gasteiger partial charge in [0.15, 0.2) is 9.84 Å². The van der Waals surface area contributed by atoms with Crippen LogP contribution in [-0.2, 0) is 14.6 Å². The number of nitrogens with two attached hydrogens (primary N) is 1. The summed E-state index contributed by atoms with van der Waals surface area (Å²) >= 11 is 0. The third-order valence-corrected chi connectivity index (χ3v) is 5.17. The summed E-state index contributed by atoms with van der Waals surface area (Å²) in [7, 11) is -1.61. The number of hydrogen-bond acceptors (Lipinski definition) is 5. The van der Waals surface area contributed by atoms with E-state index in [1.165, 1.54) is 0 Å². The number of hydrogen-bond donors (Lipinski definition) is 1. The van der Waals surface area contributed by atoms with Crippen LogP contribution in [0.2, 0.25) is 0 Å². The molecule has 120 valence electrons. The largest absolute Gasteiger partial charge is 0.383 e. The molecule has 0 saturated heterocycles. The van der Waals surface area contributed by atoms with Gasteiger partial charge in [-0.15, -0.1) is 0 Å². The Labute approximate surface area is 128 Å². The van der Waals surface area contributed by atoms with Crippen LogP contribution in [0.4, 0.5) is 5.69 Å². The molecule has 5 nitrogen and oxygen atoms in total. The van der Waals surface area contributed by atoms with Gasteiger partial charge in [0.05, 0.1) is 22.9 Å².